The molecule has 0 aromatic heterocycles. The molecule has 0 saturated carbocycles. The van der Waals surface area contributed by atoms with Crippen molar-refractivity contribution in [2.45, 2.75) is 354 Å². The zero-order valence-electron chi connectivity index (χ0n) is 67.7. The predicted molar refractivity (Wildman–Crippen MR) is 445 cm³/mol. The van der Waals surface area contributed by atoms with E-state index in [1.807, 2.05) is 18.2 Å². The molecule has 19 heteroatoms. The quantitative estimate of drug-likeness (QED) is 0.0169. The van der Waals surface area contributed by atoms with Gasteiger partial charge >= 0.3 is 39.5 Å². The molecule has 0 rings (SSSR count). The summed E-state index contributed by atoms with van der Waals surface area (Å²) < 4.78 is 68.7. The topological polar surface area (TPSA) is 237 Å². The summed E-state index contributed by atoms with van der Waals surface area (Å²) in [5.41, 5.74) is 0. The Balaban J connectivity index is 5.44. The molecule has 0 fully saturated rings. The van der Waals surface area contributed by atoms with E-state index in [9.17, 15) is 43.2 Å². The van der Waals surface area contributed by atoms with Crippen LogP contribution in [0, 0.1) is 0 Å². The minimum absolute atomic E-state index is 0.0305. The van der Waals surface area contributed by atoms with Crippen LogP contribution in [0.3, 0.4) is 0 Å². The number of unbranched alkanes of at least 4 members (excludes halogenated alkanes) is 28. The summed E-state index contributed by atoms with van der Waals surface area (Å²) in [5, 5.41) is 10.7. The molecule has 5 atom stereocenters. The summed E-state index contributed by atoms with van der Waals surface area (Å²) in [7, 11) is -9.99. The van der Waals surface area contributed by atoms with Crippen LogP contribution in [0.25, 0.3) is 0 Å². The Labute approximate surface area is 656 Å². The van der Waals surface area contributed by atoms with E-state index < -0.39 is 97.5 Å². The maximum Gasteiger partial charge on any atom is 0.472 e. The fraction of sp³-hybridized carbons (Fsp3) is 0.685. The van der Waals surface area contributed by atoms with E-state index >= 15 is 0 Å². The molecule has 0 saturated heterocycles. The van der Waals surface area contributed by atoms with E-state index in [0.717, 1.165) is 186 Å². The van der Waals surface area contributed by atoms with Crippen LogP contribution >= 0.6 is 15.6 Å². The molecule has 0 bridgehead atoms. The molecule has 0 amide bonds. The van der Waals surface area contributed by atoms with Crippen LogP contribution in [0.1, 0.15) is 336 Å². The highest BCUT2D eigenvalue weighted by Crippen LogP contribution is 2.45. The molecular weight excluding hydrogens is 1400 g/mol. The van der Waals surface area contributed by atoms with Crippen molar-refractivity contribution in [3.05, 3.63) is 146 Å². The first-order chi connectivity index (χ1) is 52.7. The van der Waals surface area contributed by atoms with Gasteiger partial charge in [0.05, 0.1) is 26.4 Å². The molecule has 0 aliphatic carbocycles. The van der Waals surface area contributed by atoms with Crippen LogP contribution < -0.4 is 0 Å². The fourth-order valence-electron chi connectivity index (χ4n) is 11.0. The third kappa shape index (κ3) is 79.0. The van der Waals surface area contributed by atoms with Crippen molar-refractivity contribution in [2.75, 3.05) is 39.6 Å². The minimum Gasteiger partial charge on any atom is -0.462 e. The molecule has 108 heavy (non-hydrogen) atoms. The largest absolute Gasteiger partial charge is 0.472 e. The molecule has 5 unspecified atom stereocenters. The molecule has 3 N–H and O–H groups in total. The lowest BCUT2D eigenvalue weighted by Gasteiger charge is -2.21. The van der Waals surface area contributed by atoms with Crippen molar-refractivity contribution in [1.82, 2.24) is 0 Å². The number of phosphoric acid groups is 2. The van der Waals surface area contributed by atoms with Gasteiger partial charge in [-0.15, -0.1) is 0 Å². The van der Waals surface area contributed by atoms with Gasteiger partial charge in [-0.05, 0) is 128 Å². The summed E-state index contributed by atoms with van der Waals surface area (Å²) in [5.74, 6) is -2.28. The number of hydrogen-bond acceptors (Lipinski definition) is 15. The first-order valence-electron chi connectivity index (χ1n) is 42.1. The SMILES string of the molecule is CC/C=C\C/C=C\C/C=C\C/C=C\C/C=C\C/C=C\CCC(=O)OCC(COP(=O)(O)OCC(O)COP(=O)(O)OCC(COC(=O)CCCCCCCCC/C=C\C/C=C\C/C=C\CC)OC(=O)CCCCCCCCCCCCCCCCC)OC(=O)CCCCCCCCC/C=C\C/C=C\C/C=C\CC. The van der Waals surface area contributed by atoms with Crippen molar-refractivity contribution in [3.63, 3.8) is 0 Å². The Morgan fingerprint density at radius 2 is 0.500 bits per heavy atom. The van der Waals surface area contributed by atoms with Gasteiger partial charge in [-0.1, -0.05) is 328 Å². The molecule has 0 aromatic rings. The maximum atomic E-state index is 13.1. The summed E-state index contributed by atoms with van der Waals surface area (Å²) in [6.07, 6.45) is 92.5. The van der Waals surface area contributed by atoms with E-state index in [-0.39, 0.29) is 25.7 Å². The Morgan fingerprint density at radius 1 is 0.269 bits per heavy atom. The highest BCUT2D eigenvalue weighted by atomic mass is 31.2. The summed E-state index contributed by atoms with van der Waals surface area (Å²) in [4.78, 5) is 73.2. The van der Waals surface area contributed by atoms with E-state index in [0.29, 0.717) is 32.1 Å². The molecule has 0 radical (unpaired) electrons. The van der Waals surface area contributed by atoms with E-state index in [2.05, 4.69) is 155 Å². The molecule has 0 heterocycles. The average Bonchev–Trinajstić information content (AvgIpc) is 0.906. The third-order valence-electron chi connectivity index (χ3n) is 17.3. The van der Waals surface area contributed by atoms with Crippen LogP contribution in [0.4, 0.5) is 0 Å². The van der Waals surface area contributed by atoms with Crippen molar-refractivity contribution >= 4 is 39.5 Å². The highest BCUT2D eigenvalue weighted by molar-refractivity contribution is 7.47. The Bertz CT molecular complexity index is 2610. The predicted octanol–water partition coefficient (Wildman–Crippen LogP) is 25.0. The molecular formula is C89H150O17P2. The van der Waals surface area contributed by atoms with Gasteiger partial charge in [-0.3, -0.25) is 37.3 Å². The van der Waals surface area contributed by atoms with Gasteiger partial charge in [0, 0.05) is 25.7 Å². The molecule has 0 aromatic carbocycles. The van der Waals surface area contributed by atoms with Crippen LogP contribution in [0.5, 0.6) is 0 Å². The second kappa shape index (κ2) is 80.0. The van der Waals surface area contributed by atoms with E-state index in [1.165, 1.54) is 64.2 Å². The lowest BCUT2D eigenvalue weighted by atomic mass is 10.0. The number of carbonyl (C=O) groups is 4. The number of hydrogen-bond donors (Lipinski definition) is 3. The number of ether oxygens (including phenoxy) is 4. The summed E-state index contributed by atoms with van der Waals surface area (Å²) >= 11 is 0. The number of rotatable bonds is 78. The van der Waals surface area contributed by atoms with Crippen molar-refractivity contribution in [2.24, 2.45) is 0 Å². The van der Waals surface area contributed by atoms with Crippen LogP contribution in [0.2, 0.25) is 0 Å². The second-order valence-electron chi connectivity index (χ2n) is 27.6. The van der Waals surface area contributed by atoms with Gasteiger partial charge in [0.1, 0.15) is 19.3 Å². The normalized spacial score (nSPS) is 14.5. The number of carbonyl (C=O) groups excluding carboxylic acids is 4. The number of phosphoric ester groups is 2. The van der Waals surface area contributed by atoms with Gasteiger partial charge < -0.3 is 33.8 Å². The van der Waals surface area contributed by atoms with Crippen LogP contribution in [-0.2, 0) is 65.4 Å². The Hall–Kier alpha value is -5.06. The molecule has 0 aliphatic heterocycles. The zero-order valence-corrected chi connectivity index (χ0v) is 69.5. The average molecular weight is 1550 g/mol. The van der Waals surface area contributed by atoms with Crippen molar-refractivity contribution in [1.29, 1.82) is 0 Å². The molecule has 17 nitrogen and oxygen atoms in total. The lowest BCUT2D eigenvalue weighted by Crippen LogP contribution is -2.30. The van der Waals surface area contributed by atoms with E-state index in [1.54, 1.807) is 0 Å². The first-order valence-corrected chi connectivity index (χ1v) is 45.1. The van der Waals surface area contributed by atoms with Gasteiger partial charge in [0.2, 0.25) is 0 Å². The summed E-state index contributed by atoms with van der Waals surface area (Å²) in [6.45, 7) is 4.48. The fourth-order valence-corrected chi connectivity index (χ4v) is 12.6. The Morgan fingerprint density at radius 3 is 0.796 bits per heavy atom. The highest BCUT2D eigenvalue weighted by Gasteiger charge is 2.30. The number of esters is 4. The monoisotopic (exact) mass is 1550 g/mol. The second-order valence-corrected chi connectivity index (χ2v) is 30.5. The van der Waals surface area contributed by atoms with E-state index in [4.69, 9.17) is 37.0 Å². The zero-order chi connectivity index (χ0) is 78.9. The molecule has 618 valence electrons. The van der Waals surface area contributed by atoms with Gasteiger partial charge in [0.15, 0.2) is 12.2 Å². The standard InChI is InChI=1S/C89H150O17P2/c1-5-9-13-17-21-25-29-33-37-40-41-44-47-50-54-58-62-66-70-74-87(92)100-80-85(106-89(94)76-72-68-64-60-56-52-48-43-39-35-31-27-23-19-15-11-7-3)82-104-108(97,98)102-78-83(90)77-101-107(95,96)103-81-84(105-88(93)75-71-67-63-59-55-51-45-36-32-28-24-20-16-12-8-4)79-99-86(91)73-69-65-61-57-53-49-46-42-38-34-30-26-22-18-14-10-6-2/h9-11,13-15,21-23,25-27,33-35,37-39,41,44,50,54,62,66,83-85,90H,5-8,12,16-20,24,28-32,36,40,42-43,45-49,51-53,55-61,63-65,67-82H2,1-4H3,(H,95,96)(H,97,98)/b13-9-,14-10-,15-11-,25-21-,26-22-,27-23-,37-33-,38-34-,39-35-,44-41-,54-50-,66-62-. The van der Waals surface area contributed by atoms with Gasteiger partial charge in [-0.25, -0.2) is 9.13 Å². The summed E-state index contributed by atoms with van der Waals surface area (Å²) in [6, 6.07) is 0. The van der Waals surface area contributed by atoms with Crippen molar-refractivity contribution < 1.29 is 80.2 Å². The first kappa shape index (κ1) is 103. The molecule has 0 spiro atoms. The minimum atomic E-state index is -5.00. The number of aliphatic hydroxyl groups excluding tert-OH is 1. The van der Waals surface area contributed by atoms with Crippen molar-refractivity contribution in [3.8, 4) is 0 Å². The van der Waals surface area contributed by atoms with Crippen LogP contribution in [0.15, 0.2) is 146 Å². The lowest BCUT2D eigenvalue weighted by molar-refractivity contribution is -0.161. The van der Waals surface area contributed by atoms with Crippen LogP contribution in [-0.4, -0.2) is 96.7 Å². The smallest absolute Gasteiger partial charge is 0.462 e. The van der Waals surface area contributed by atoms with Gasteiger partial charge in [0.25, 0.3) is 0 Å². The molecule has 0 aliphatic rings. The maximum absolute atomic E-state index is 13.1. The Kier molecular flexibility index (Phi) is 76.3. The van der Waals surface area contributed by atoms with Gasteiger partial charge in [-0.2, -0.15) is 0 Å². The number of aliphatic hydroxyl groups is 1. The number of allylic oxidation sites excluding steroid dienone is 24. The third-order valence-corrected chi connectivity index (χ3v) is 19.2.